The van der Waals surface area contributed by atoms with Crippen molar-refractivity contribution in [2.75, 3.05) is 0 Å². The lowest BCUT2D eigenvalue weighted by Crippen LogP contribution is -2.25. The number of hydrogen-bond donors (Lipinski definition) is 1. The van der Waals surface area contributed by atoms with E-state index in [-0.39, 0.29) is 6.04 Å². The van der Waals surface area contributed by atoms with E-state index in [1.54, 1.807) is 0 Å². The summed E-state index contributed by atoms with van der Waals surface area (Å²) in [6.07, 6.45) is 0. The Labute approximate surface area is 131 Å². The van der Waals surface area contributed by atoms with Gasteiger partial charge in [-0.05, 0) is 35.2 Å². The van der Waals surface area contributed by atoms with Crippen LogP contribution in [0.3, 0.4) is 0 Å². The maximum absolute atomic E-state index is 9.15. The molecule has 2 nitrogen and oxygen atoms in total. The molecule has 108 valence electrons. The molecule has 0 spiro atoms. The van der Waals surface area contributed by atoms with Gasteiger partial charge in [0.05, 0.1) is 11.6 Å². The smallest absolute Gasteiger partial charge is 0.0995 e. The minimum atomic E-state index is 0.231. The first kappa shape index (κ1) is 15.6. The maximum Gasteiger partial charge on any atom is 0.0995 e. The molecule has 0 radical (unpaired) electrons. The maximum atomic E-state index is 9.15. The van der Waals surface area contributed by atoms with Crippen LogP contribution in [0.2, 0.25) is 5.02 Å². The zero-order chi connectivity index (χ0) is 15.2. The van der Waals surface area contributed by atoms with Crippen molar-refractivity contribution in [1.82, 2.24) is 5.32 Å². The molecule has 0 saturated heterocycles. The summed E-state index contributed by atoms with van der Waals surface area (Å²) in [5, 5.41) is 13.4. The van der Waals surface area contributed by atoms with Gasteiger partial charge in [0.2, 0.25) is 0 Å². The highest BCUT2D eigenvalue weighted by Gasteiger charge is 2.15. The van der Waals surface area contributed by atoms with Crippen LogP contribution in [0.15, 0.2) is 48.5 Å². The Morgan fingerprint density at radius 2 is 1.76 bits per heavy atom. The fourth-order valence-corrected chi connectivity index (χ4v) is 2.54. The topological polar surface area (TPSA) is 35.8 Å². The number of rotatable bonds is 5. The summed E-state index contributed by atoms with van der Waals surface area (Å²) in [5.74, 6) is 0.445. The van der Waals surface area contributed by atoms with Crippen LogP contribution in [0.5, 0.6) is 0 Å². The van der Waals surface area contributed by atoms with E-state index in [0.29, 0.717) is 12.5 Å². The molecule has 21 heavy (non-hydrogen) atoms. The summed E-state index contributed by atoms with van der Waals surface area (Å²) < 4.78 is 0. The molecule has 0 saturated carbocycles. The molecule has 0 aliphatic rings. The molecular formula is C18H19ClN2. The van der Waals surface area contributed by atoms with Crippen LogP contribution in [0.1, 0.15) is 36.6 Å². The first-order chi connectivity index (χ1) is 10.1. The molecule has 0 aromatic heterocycles. The van der Waals surface area contributed by atoms with E-state index < -0.39 is 0 Å². The van der Waals surface area contributed by atoms with E-state index in [2.05, 4.69) is 37.4 Å². The average Bonchev–Trinajstić information content (AvgIpc) is 2.49. The van der Waals surface area contributed by atoms with Gasteiger partial charge in [-0.15, -0.1) is 0 Å². The molecule has 0 aliphatic carbocycles. The van der Waals surface area contributed by atoms with Crippen LogP contribution in [0.4, 0.5) is 0 Å². The predicted octanol–water partition coefficient (Wildman–Crippen LogP) is 4.70. The highest BCUT2D eigenvalue weighted by molar-refractivity contribution is 6.30. The van der Waals surface area contributed by atoms with Gasteiger partial charge in [0.15, 0.2) is 0 Å². The lowest BCUT2D eigenvalue weighted by atomic mass is 9.95. The van der Waals surface area contributed by atoms with Crippen LogP contribution < -0.4 is 5.32 Å². The molecule has 2 rings (SSSR count). The van der Waals surface area contributed by atoms with Gasteiger partial charge in [0.1, 0.15) is 0 Å². The lowest BCUT2D eigenvalue weighted by Gasteiger charge is -2.23. The third-order valence-corrected chi connectivity index (χ3v) is 3.80. The minimum absolute atomic E-state index is 0.231. The largest absolute Gasteiger partial charge is 0.306 e. The van der Waals surface area contributed by atoms with Gasteiger partial charge < -0.3 is 5.32 Å². The molecule has 0 bridgehead atoms. The van der Waals surface area contributed by atoms with Crippen molar-refractivity contribution in [3.63, 3.8) is 0 Å². The summed E-state index contributed by atoms with van der Waals surface area (Å²) in [5.41, 5.74) is 2.96. The van der Waals surface area contributed by atoms with E-state index in [4.69, 9.17) is 16.9 Å². The molecule has 0 fully saturated rings. The summed E-state index contributed by atoms with van der Waals surface area (Å²) in [6, 6.07) is 18.1. The minimum Gasteiger partial charge on any atom is -0.306 e. The molecule has 2 aromatic rings. The van der Waals surface area contributed by atoms with E-state index in [1.165, 1.54) is 5.56 Å². The van der Waals surface area contributed by atoms with Crippen LogP contribution in [-0.4, -0.2) is 0 Å². The highest BCUT2D eigenvalue weighted by Crippen LogP contribution is 2.24. The summed E-state index contributed by atoms with van der Waals surface area (Å²) in [4.78, 5) is 0. The summed E-state index contributed by atoms with van der Waals surface area (Å²) in [7, 11) is 0. The molecule has 1 atom stereocenters. The van der Waals surface area contributed by atoms with Crippen molar-refractivity contribution < 1.29 is 0 Å². The fourth-order valence-electron chi connectivity index (χ4n) is 2.41. The third kappa shape index (κ3) is 4.07. The molecule has 1 N–H and O–H groups in total. The average molecular weight is 299 g/mol. The second-order valence-electron chi connectivity index (χ2n) is 5.42. The molecule has 2 aromatic carbocycles. The standard InChI is InChI=1S/C18H19ClN2/c1-13(2)18(14-7-9-17(19)10-8-14)21-12-16-6-4-3-5-15(16)11-20/h3-10,13,18,21H,12H2,1-2H3/t18-/m0/s1. The Morgan fingerprint density at radius 3 is 2.38 bits per heavy atom. The third-order valence-electron chi connectivity index (χ3n) is 3.55. The van der Waals surface area contributed by atoms with Gasteiger partial charge in [-0.1, -0.05) is 55.8 Å². The van der Waals surface area contributed by atoms with Crippen LogP contribution >= 0.6 is 11.6 Å². The number of nitrogens with one attached hydrogen (secondary N) is 1. The van der Waals surface area contributed by atoms with Gasteiger partial charge in [-0.2, -0.15) is 5.26 Å². The Morgan fingerprint density at radius 1 is 1.10 bits per heavy atom. The second-order valence-corrected chi connectivity index (χ2v) is 5.86. The Bertz CT molecular complexity index is 626. The number of nitriles is 1. The van der Waals surface area contributed by atoms with Crippen molar-refractivity contribution in [2.45, 2.75) is 26.4 Å². The zero-order valence-electron chi connectivity index (χ0n) is 12.3. The van der Waals surface area contributed by atoms with Gasteiger partial charge in [-0.25, -0.2) is 0 Å². The number of hydrogen-bond acceptors (Lipinski definition) is 2. The Kier molecular flexibility index (Phi) is 5.38. The van der Waals surface area contributed by atoms with Crippen LogP contribution in [0.25, 0.3) is 0 Å². The van der Waals surface area contributed by atoms with Gasteiger partial charge in [0.25, 0.3) is 0 Å². The molecule has 3 heteroatoms. The van der Waals surface area contributed by atoms with E-state index in [1.807, 2.05) is 36.4 Å². The van der Waals surface area contributed by atoms with Crippen LogP contribution in [0, 0.1) is 17.2 Å². The van der Waals surface area contributed by atoms with Crippen molar-refractivity contribution in [3.8, 4) is 6.07 Å². The second kappa shape index (κ2) is 7.26. The van der Waals surface area contributed by atoms with Crippen molar-refractivity contribution in [2.24, 2.45) is 5.92 Å². The SMILES string of the molecule is CC(C)[C@H](NCc1ccccc1C#N)c1ccc(Cl)cc1. The monoisotopic (exact) mass is 298 g/mol. The summed E-state index contributed by atoms with van der Waals surface area (Å²) >= 11 is 5.95. The number of halogens is 1. The van der Waals surface area contributed by atoms with Crippen molar-refractivity contribution in [3.05, 3.63) is 70.2 Å². The highest BCUT2D eigenvalue weighted by atomic mass is 35.5. The van der Waals surface area contributed by atoms with Crippen LogP contribution in [-0.2, 0) is 6.54 Å². The molecule has 0 amide bonds. The molecule has 0 unspecified atom stereocenters. The van der Waals surface area contributed by atoms with E-state index in [0.717, 1.165) is 16.1 Å². The van der Waals surface area contributed by atoms with Crippen molar-refractivity contribution >= 4 is 11.6 Å². The molecular weight excluding hydrogens is 280 g/mol. The van der Waals surface area contributed by atoms with Crippen molar-refractivity contribution in [1.29, 1.82) is 5.26 Å². The molecule has 0 heterocycles. The Hall–Kier alpha value is -1.82. The van der Waals surface area contributed by atoms with E-state index in [9.17, 15) is 0 Å². The first-order valence-electron chi connectivity index (χ1n) is 7.08. The fraction of sp³-hybridized carbons (Fsp3) is 0.278. The number of benzene rings is 2. The Balaban J connectivity index is 2.14. The first-order valence-corrected chi connectivity index (χ1v) is 7.46. The van der Waals surface area contributed by atoms with Gasteiger partial charge in [-0.3, -0.25) is 0 Å². The van der Waals surface area contributed by atoms with Gasteiger partial charge >= 0.3 is 0 Å². The summed E-state index contributed by atoms with van der Waals surface area (Å²) in [6.45, 7) is 5.04. The van der Waals surface area contributed by atoms with Gasteiger partial charge in [0, 0.05) is 17.6 Å². The quantitative estimate of drug-likeness (QED) is 0.868. The zero-order valence-corrected chi connectivity index (χ0v) is 13.1. The number of nitrogens with zero attached hydrogens (tertiary/aromatic N) is 1. The normalized spacial score (nSPS) is 12.1. The molecule has 0 aliphatic heterocycles. The van der Waals surface area contributed by atoms with E-state index >= 15 is 0 Å². The lowest BCUT2D eigenvalue weighted by molar-refractivity contribution is 0.410. The predicted molar refractivity (Wildman–Crippen MR) is 87.0 cm³/mol.